The summed E-state index contributed by atoms with van der Waals surface area (Å²) in [6.45, 7) is 0. The molecule has 0 aliphatic rings. The summed E-state index contributed by atoms with van der Waals surface area (Å²) in [5.41, 5.74) is 3.25. The quantitative estimate of drug-likeness (QED) is 0.651. The SMILES string of the molecule is COc1cccc(CSc2nc(-c3ccccn3)ccc2C#N)c1. The molecule has 0 saturated heterocycles. The molecule has 0 aliphatic heterocycles. The monoisotopic (exact) mass is 333 g/mol. The van der Waals surface area contributed by atoms with E-state index in [9.17, 15) is 5.26 Å². The van der Waals surface area contributed by atoms with Gasteiger partial charge in [-0.2, -0.15) is 5.26 Å². The molecule has 0 bridgehead atoms. The van der Waals surface area contributed by atoms with Gasteiger partial charge in [-0.3, -0.25) is 4.98 Å². The van der Waals surface area contributed by atoms with Crippen molar-refractivity contribution in [2.75, 3.05) is 7.11 Å². The second-order valence-corrected chi connectivity index (χ2v) is 5.98. The molecule has 0 saturated carbocycles. The normalized spacial score (nSPS) is 10.2. The van der Waals surface area contributed by atoms with Gasteiger partial charge in [-0.25, -0.2) is 4.98 Å². The minimum absolute atomic E-state index is 0.572. The number of nitriles is 1. The summed E-state index contributed by atoms with van der Waals surface area (Å²) in [6.07, 6.45) is 1.73. The highest BCUT2D eigenvalue weighted by molar-refractivity contribution is 7.98. The van der Waals surface area contributed by atoms with Gasteiger partial charge in [0.15, 0.2) is 0 Å². The molecule has 1 aromatic carbocycles. The molecule has 0 radical (unpaired) electrons. The summed E-state index contributed by atoms with van der Waals surface area (Å²) in [5.74, 6) is 1.54. The van der Waals surface area contributed by atoms with E-state index in [0.717, 1.165) is 22.7 Å². The van der Waals surface area contributed by atoms with Gasteiger partial charge in [0.05, 0.1) is 24.1 Å². The van der Waals surface area contributed by atoms with E-state index in [1.807, 2.05) is 48.5 Å². The predicted octanol–water partition coefficient (Wildman–Crippen LogP) is 4.32. The summed E-state index contributed by atoms with van der Waals surface area (Å²) >= 11 is 1.54. The van der Waals surface area contributed by atoms with Crippen molar-refractivity contribution in [3.63, 3.8) is 0 Å². The lowest BCUT2D eigenvalue weighted by molar-refractivity contribution is 0.414. The van der Waals surface area contributed by atoms with Crippen LogP contribution in [0, 0.1) is 11.3 Å². The first-order valence-corrected chi connectivity index (χ1v) is 8.37. The highest BCUT2D eigenvalue weighted by atomic mass is 32.2. The highest BCUT2D eigenvalue weighted by Crippen LogP contribution is 2.28. The average Bonchev–Trinajstić information content (AvgIpc) is 2.67. The lowest BCUT2D eigenvalue weighted by Gasteiger charge is -2.07. The van der Waals surface area contributed by atoms with Crippen LogP contribution in [-0.4, -0.2) is 17.1 Å². The molecule has 24 heavy (non-hydrogen) atoms. The Bertz CT molecular complexity index is 875. The minimum Gasteiger partial charge on any atom is -0.497 e. The van der Waals surface area contributed by atoms with Crippen LogP contribution in [0.5, 0.6) is 5.75 Å². The number of rotatable bonds is 5. The van der Waals surface area contributed by atoms with Crippen molar-refractivity contribution in [1.82, 2.24) is 9.97 Å². The third-order valence-electron chi connectivity index (χ3n) is 3.42. The lowest BCUT2D eigenvalue weighted by Crippen LogP contribution is -1.93. The second kappa shape index (κ2) is 7.62. The molecule has 0 spiro atoms. The van der Waals surface area contributed by atoms with Crippen molar-refractivity contribution >= 4 is 11.8 Å². The number of thioether (sulfide) groups is 1. The molecule has 118 valence electrons. The fourth-order valence-electron chi connectivity index (χ4n) is 2.21. The molecular weight excluding hydrogens is 318 g/mol. The molecule has 3 aromatic rings. The van der Waals surface area contributed by atoms with Gasteiger partial charge in [-0.1, -0.05) is 18.2 Å². The zero-order chi connectivity index (χ0) is 16.8. The average molecular weight is 333 g/mol. The molecule has 2 aromatic heterocycles. The van der Waals surface area contributed by atoms with Crippen molar-refractivity contribution < 1.29 is 4.74 Å². The lowest BCUT2D eigenvalue weighted by atomic mass is 10.2. The molecule has 2 heterocycles. The van der Waals surface area contributed by atoms with Crippen LogP contribution in [0.25, 0.3) is 11.4 Å². The molecule has 4 nitrogen and oxygen atoms in total. The van der Waals surface area contributed by atoms with Crippen LogP contribution in [0.4, 0.5) is 0 Å². The second-order valence-electron chi connectivity index (χ2n) is 5.02. The van der Waals surface area contributed by atoms with Gasteiger partial charge in [0.25, 0.3) is 0 Å². The maximum absolute atomic E-state index is 9.32. The minimum atomic E-state index is 0.572. The van der Waals surface area contributed by atoms with Gasteiger partial charge in [-0.05, 0) is 42.0 Å². The molecular formula is C19H15N3OS. The standard InChI is InChI=1S/C19H15N3OS/c1-23-16-6-4-5-14(11-16)13-24-19-15(12-20)8-9-18(22-19)17-7-2-3-10-21-17/h2-11H,13H2,1H3. The number of ether oxygens (including phenoxy) is 1. The molecule has 5 heteroatoms. The Morgan fingerprint density at radius 1 is 1.08 bits per heavy atom. The van der Waals surface area contributed by atoms with Crippen LogP contribution in [0.2, 0.25) is 0 Å². The summed E-state index contributed by atoms with van der Waals surface area (Å²) < 4.78 is 5.24. The number of nitrogens with zero attached hydrogens (tertiary/aromatic N) is 3. The van der Waals surface area contributed by atoms with Gasteiger partial charge in [0.2, 0.25) is 0 Å². The van der Waals surface area contributed by atoms with Crippen LogP contribution in [-0.2, 0) is 5.75 Å². The van der Waals surface area contributed by atoms with Crippen LogP contribution in [0.1, 0.15) is 11.1 Å². The number of hydrogen-bond acceptors (Lipinski definition) is 5. The summed E-state index contributed by atoms with van der Waals surface area (Å²) in [6, 6.07) is 19.4. The molecule has 0 atom stereocenters. The van der Waals surface area contributed by atoms with E-state index in [1.165, 1.54) is 11.8 Å². The largest absolute Gasteiger partial charge is 0.497 e. The van der Waals surface area contributed by atoms with Crippen LogP contribution in [0.15, 0.2) is 65.8 Å². The van der Waals surface area contributed by atoms with E-state index in [1.54, 1.807) is 19.4 Å². The van der Waals surface area contributed by atoms with Crippen LogP contribution >= 0.6 is 11.8 Å². The maximum Gasteiger partial charge on any atom is 0.119 e. The van der Waals surface area contributed by atoms with Gasteiger partial charge < -0.3 is 4.74 Å². The summed E-state index contributed by atoms with van der Waals surface area (Å²) in [7, 11) is 1.65. The Kier molecular flexibility index (Phi) is 5.09. The zero-order valence-electron chi connectivity index (χ0n) is 13.1. The highest BCUT2D eigenvalue weighted by Gasteiger charge is 2.09. The zero-order valence-corrected chi connectivity index (χ0v) is 14.0. The molecule has 3 rings (SSSR count). The van der Waals surface area contributed by atoms with Crippen molar-refractivity contribution in [3.8, 4) is 23.2 Å². The molecule has 0 N–H and O–H groups in total. The van der Waals surface area contributed by atoms with Crippen molar-refractivity contribution in [2.24, 2.45) is 0 Å². The smallest absolute Gasteiger partial charge is 0.119 e. The van der Waals surface area contributed by atoms with Gasteiger partial charge in [0, 0.05) is 11.9 Å². The molecule has 0 unspecified atom stereocenters. The van der Waals surface area contributed by atoms with Gasteiger partial charge >= 0.3 is 0 Å². The first kappa shape index (κ1) is 16.0. The number of methoxy groups -OCH3 is 1. The number of aromatic nitrogens is 2. The Balaban J connectivity index is 1.85. The fourth-order valence-corrected chi connectivity index (χ4v) is 3.12. The Morgan fingerprint density at radius 2 is 2.00 bits per heavy atom. The van der Waals surface area contributed by atoms with E-state index < -0.39 is 0 Å². The van der Waals surface area contributed by atoms with Crippen molar-refractivity contribution in [2.45, 2.75) is 10.8 Å². The summed E-state index contributed by atoms with van der Waals surface area (Å²) in [4.78, 5) is 8.93. The molecule has 0 aliphatic carbocycles. The van der Waals surface area contributed by atoms with Gasteiger partial charge in [-0.15, -0.1) is 11.8 Å². The Morgan fingerprint density at radius 3 is 2.75 bits per heavy atom. The first-order chi connectivity index (χ1) is 11.8. The van der Waals surface area contributed by atoms with Crippen molar-refractivity contribution in [1.29, 1.82) is 5.26 Å². The third-order valence-corrected chi connectivity index (χ3v) is 4.48. The maximum atomic E-state index is 9.32. The van der Waals surface area contributed by atoms with E-state index in [4.69, 9.17) is 4.74 Å². The number of hydrogen-bond donors (Lipinski definition) is 0. The molecule has 0 amide bonds. The Labute approximate surface area is 145 Å². The fraction of sp³-hybridized carbons (Fsp3) is 0.105. The predicted molar refractivity (Wildman–Crippen MR) is 94.7 cm³/mol. The number of pyridine rings is 2. The number of benzene rings is 1. The van der Waals surface area contributed by atoms with Gasteiger partial charge in [0.1, 0.15) is 16.8 Å². The van der Waals surface area contributed by atoms with Crippen LogP contribution in [0.3, 0.4) is 0 Å². The molecule has 0 fully saturated rings. The van der Waals surface area contributed by atoms with E-state index in [-0.39, 0.29) is 0 Å². The van der Waals surface area contributed by atoms with Crippen LogP contribution < -0.4 is 4.74 Å². The third kappa shape index (κ3) is 3.73. The van der Waals surface area contributed by atoms with E-state index >= 15 is 0 Å². The van der Waals surface area contributed by atoms with E-state index in [0.29, 0.717) is 16.3 Å². The van der Waals surface area contributed by atoms with E-state index in [2.05, 4.69) is 16.0 Å². The summed E-state index contributed by atoms with van der Waals surface area (Å²) in [5, 5.41) is 10.0. The topological polar surface area (TPSA) is 58.8 Å². The Hall–Kier alpha value is -2.84. The van der Waals surface area contributed by atoms with Crippen molar-refractivity contribution in [3.05, 3.63) is 71.9 Å². The first-order valence-electron chi connectivity index (χ1n) is 7.38.